The molecule has 1 aliphatic carbocycles. The molecule has 92 valence electrons. The Morgan fingerprint density at radius 1 is 1.28 bits per heavy atom. The van der Waals surface area contributed by atoms with Crippen molar-refractivity contribution >= 4 is 33.4 Å². The van der Waals surface area contributed by atoms with Crippen LogP contribution in [-0.4, -0.2) is 21.2 Å². The lowest BCUT2D eigenvalue weighted by Gasteiger charge is -2.06. The molecule has 0 spiro atoms. The maximum atomic E-state index is 4.37. The Morgan fingerprint density at radius 2 is 2.17 bits per heavy atom. The molecule has 2 aromatic rings. The molecule has 1 aliphatic rings. The number of rotatable bonds is 4. The Kier molecular flexibility index (Phi) is 3.10. The second kappa shape index (κ2) is 4.89. The fraction of sp³-hybridized carbons (Fsp3) is 0.250. The Balaban J connectivity index is 1.75. The van der Waals surface area contributed by atoms with Gasteiger partial charge in [-0.3, -0.25) is 0 Å². The Morgan fingerprint density at radius 3 is 2.94 bits per heavy atom. The van der Waals surface area contributed by atoms with Crippen LogP contribution in [0.5, 0.6) is 0 Å². The maximum Gasteiger partial charge on any atom is 0.249 e. The highest BCUT2D eigenvalue weighted by Gasteiger charge is 2.21. The largest absolute Gasteiger partial charge is 0.366 e. The molecule has 18 heavy (non-hydrogen) atoms. The minimum Gasteiger partial charge on any atom is -0.366 e. The first-order valence-corrected chi connectivity index (χ1v) is 6.58. The van der Waals surface area contributed by atoms with Crippen molar-refractivity contribution in [2.45, 2.75) is 18.9 Å². The summed E-state index contributed by atoms with van der Waals surface area (Å²) in [6, 6.07) is 8.39. The second-order valence-corrected chi connectivity index (χ2v) is 5.13. The van der Waals surface area contributed by atoms with Crippen LogP contribution in [0.2, 0.25) is 0 Å². The molecule has 1 saturated carbocycles. The summed E-state index contributed by atoms with van der Waals surface area (Å²) in [5, 5.41) is 14.3. The number of anilines is 3. The Labute approximate surface area is 113 Å². The first kappa shape index (κ1) is 11.4. The molecular weight excluding hydrogens is 294 g/mol. The first-order valence-electron chi connectivity index (χ1n) is 5.78. The fourth-order valence-corrected chi connectivity index (χ4v) is 1.96. The van der Waals surface area contributed by atoms with Gasteiger partial charge in [-0.15, -0.1) is 5.10 Å². The van der Waals surface area contributed by atoms with Crippen molar-refractivity contribution in [1.29, 1.82) is 0 Å². The SMILES string of the molecule is Brc1cccc(Nc2nncc(NC3CC3)n2)c1. The van der Waals surface area contributed by atoms with Crippen LogP contribution in [0, 0.1) is 0 Å². The Bertz CT molecular complexity index is 556. The van der Waals surface area contributed by atoms with E-state index in [9.17, 15) is 0 Å². The van der Waals surface area contributed by atoms with Crippen molar-refractivity contribution in [2.24, 2.45) is 0 Å². The number of hydrogen-bond acceptors (Lipinski definition) is 5. The molecule has 0 radical (unpaired) electrons. The number of halogens is 1. The first-order chi connectivity index (χ1) is 8.79. The van der Waals surface area contributed by atoms with E-state index in [4.69, 9.17) is 0 Å². The zero-order valence-electron chi connectivity index (χ0n) is 9.60. The molecule has 2 N–H and O–H groups in total. The number of nitrogens with zero attached hydrogens (tertiary/aromatic N) is 3. The van der Waals surface area contributed by atoms with E-state index < -0.39 is 0 Å². The van der Waals surface area contributed by atoms with Gasteiger partial charge >= 0.3 is 0 Å². The standard InChI is InChI=1S/C12H12BrN5/c13-8-2-1-3-10(6-8)16-12-17-11(7-14-18-12)15-9-4-5-9/h1-3,6-7,9H,4-5H2,(H2,15,16,17,18). The van der Waals surface area contributed by atoms with Crippen LogP contribution in [0.3, 0.4) is 0 Å². The monoisotopic (exact) mass is 305 g/mol. The van der Waals surface area contributed by atoms with Gasteiger partial charge in [0.15, 0.2) is 5.82 Å². The van der Waals surface area contributed by atoms with Crippen LogP contribution >= 0.6 is 15.9 Å². The summed E-state index contributed by atoms with van der Waals surface area (Å²) in [4.78, 5) is 4.37. The number of nitrogens with one attached hydrogen (secondary N) is 2. The lowest BCUT2D eigenvalue weighted by molar-refractivity contribution is 0.965. The van der Waals surface area contributed by atoms with Gasteiger partial charge in [-0.2, -0.15) is 10.1 Å². The third kappa shape index (κ3) is 2.95. The molecule has 1 aromatic carbocycles. The van der Waals surface area contributed by atoms with Gasteiger partial charge in [0.25, 0.3) is 0 Å². The summed E-state index contributed by atoms with van der Waals surface area (Å²) in [6.45, 7) is 0. The summed E-state index contributed by atoms with van der Waals surface area (Å²) >= 11 is 3.42. The van der Waals surface area contributed by atoms with Crippen LogP contribution in [0.1, 0.15) is 12.8 Å². The molecule has 1 heterocycles. The molecule has 0 aliphatic heterocycles. The topological polar surface area (TPSA) is 62.7 Å². The minimum atomic E-state index is 0.499. The van der Waals surface area contributed by atoms with Crippen LogP contribution < -0.4 is 10.6 Å². The molecule has 5 nitrogen and oxygen atoms in total. The minimum absolute atomic E-state index is 0.499. The highest BCUT2D eigenvalue weighted by molar-refractivity contribution is 9.10. The van der Waals surface area contributed by atoms with Crippen molar-refractivity contribution in [3.63, 3.8) is 0 Å². The van der Waals surface area contributed by atoms with Gasteiger partial charge in [-0.05, 0) is 31.0 Å². The average molecular weight is 306 g/mol. The lowest BCUT2D eigenvalue weighted by atomic mass is 10.3. The van der Waals surface area contributed by atoms with Gasteiger partial charge in [0.1, 0.15) is 0 Å². The van der Waals surface area contributed by atoms with E-state index in [0.717, 1.165) is 16.0 Å². The summed E-state index contributed by atoms with van der Waals surface area (Å²) < 4.78 is 1.01. The van der Waals surface area contributed by atoms with E-state index in [0.29, 0.717) is 12.0 Å². The van der Waals surface area contributed by atoms with Crippen molar-refractivity contribution in [3.05, 3.63) is 34.9 Å². The summed E-state index contributed by atoms with van der Waals surface area (Å²) in [6.07, 6.45) is 4.06. The molecule has 3 rings (SSSR count). The molecule has 0 atom stereocenters. The molecule has 0 amide bonds. The van der Waals surface area contributed by atoms with Crippen molar-refractivity contribution in [3.8, 4) is 0 Å². The van der Waals surface area contributed by atoms with Crippen LogP contribution in [0.25, 0.3) is 0 Å². The smallest absolute Gasteiger partial charge is 0.249 e. The van der Waals surface area contributed by atoms with E-state index in [-0.39, 0.29) is 0 Å². The van der Waals surface area contributed by atoms with Crippen molar-refractivity contribution in [2.75, 3.05) is 10.6 Å². The molecule has 1 aromatic heterocycles. The summed E-state index contributed by atoms with van der Waals surface area (Å²) in [5.74, 6) is 1.27. The van der Waals surface area contributed by atoms with Crippen LogP contribution in [0.15, 0.2) is 34.9 Å². The van der Waals surface area contributed by atoms with Crippen LogP contribution in [-0.2, 0) is 0 Å². The highest BCUT2D eigenvalue weighted by Crippen LogP contribution is 2.24. The summed E-state index contributed by atoms with van der Waals surface area (Å²) in [5.41, 5.74) is 0.926. The number of aromatic nitrogens is 3. The predicted molar refractivity (Wildman–Crippen MR) is 73.9 cm³/mol. The van der Waals surface area contributed by atoms with Gasteiger partial charge in [-0.25, -0.2) is 0 Å². The molecule has 0 bridgehead atoms. The molecular formula is C12H12BrN5. The van der Waals surface area contributed by atoms with Gasteiger partial charge in [0.2, 0.25) is 5.95 Å². The Hall–Kier alpha value is -1.69. The van der Waals surface area contributed by atoms with Crippen molar-refractivity contribution < 1.29 is 0 Å². The quantitative estimate of drug-likeness (QED) is 0.909. The number of hydrogen-bond donors (Lipinski definition) is 2. The average Bonchev–Trinajstić information content (AvgIpc) is 3.13. The zero-order chi connectivity index (χ0) is 12.4. The second-order valence-electron chi connectivity index (χ2n) is 4.22. The molecule has 1 fully saturated rings. The van der Waals surface area contributed by atoms with E-state index in [1.807, 2.05) is 24.3 Å². The van der Waals surface area contributed by atoms with Gasteiger partial charge < -0.3 is 10.6 Å². The van der Waals surface area contributed by atoms with Gasteiger partial charge in [-0.1, -0.05) is 22.0 Å². The van der Waals surface area contributed by atoms with E-state index >= 15 is 0 Å². The van der Waals surface area contributed by atoms with E-state index in [1.165, 1.54) is 12.8 Å². The predicted octanol–water partition coefficient (Wildman–Crippen LogP) is 2.95. The van der Waals surface area contributed by atoms with Crippen molar-refractivity contribution in [1.82, 2.24) is 15.2 Å². The van der Waals surface area contributed by atoms with E-state index in [2.05, 4.69) is 41.7 Å². The van der Waals surface area contributed by atoms with Gasteiger partial charge in [0, 0.05) is 16.2 Å². The summed E-state index contributed by atoms with van der Waals surface area (Å²) in [7, 11) is 0. The lowest BCUT2D eigenvalue weighted by Crippen LogP contribution is -2.06. The molecule has 6 heteroatoms. The third-order valence-corrected chi connectivity index (χ3v) is 3.06. The van der Waals surface area contributed by atoms with Crippen LogP contribution in [0.4, 0.5) is 17.5 Å². The fourth-order valence-electron chi connectivity index (χ4n) is 1.56. The number of benzene rings is 1. The van der Waals surface area contributed by atoms with Gasteiger partial charge in [0.05, 0.1) is 6.20 Å². The molecule has 0 saturated heterocycles. The third-order valence-electron chi connectivity index (χ3n) is 2.57. The normalized spacial score (nSPS) is 14.3. The zero-order valence-corrected chi connectivity index (χ0v) is 11.2. The maximum absolute atomic E-state index is 4.37. The van der Waals surface area contributed by atoms with E-state index in [1.54, 1.807) is 6.20 Å². The molecule has 0 unspecified atom stereocenters. The highest BCUT2D eigenvalue weighted by atomic mass is 79.9.